The molecule has 0 aliphatic heterocycles. The van der Waals surface area contributed by atoms with Gasteiger partial charge in [-0.05, 0) is 28.1 Å². The molecular formula is C17H14N6OS. The van der Waals surface area contributed by atoms with Crippen LogP contribution in [0.15, 0.2) is 70.3 Å². The molecule has 2 heterocycles. The first-order valence-electron chi connectivity index (χ1n) is 7.70. The molecule has 0 amide bonds. The number of nitrogens with zero attached hydrogens (tertiary/aromatic N) is 6. The van der Waals surface area contributed by atoms with E-state index in [1.165, 1.54) is 11.8 Å². The summed E-state index contributed by atoms with van der Waals surface area (Å²) < 4.78 is 7.40. The van der Waals surface area contributed by atoms with E-state index in [1.54, 1.807) is 4.68 Å². The van der Waals surface area contributed by atoms with Crippen LogP contribution in [0.1, 0.15) is 17.3 Å². The minimum Gasteiger partial charge on any atom is -0.416 e. The molecule has 4 rings (SSSR count). The summed E-state index contributed by atoms with van der Waals surface area (Å²) in [6.07, 6.45) is 0.621. The van der Waals surface area contributed by atoms with Crippen LogP contribution >= 0.6 is 11.8 Å². The second-order valence-electron chi connectivity index (χ2n) is 5.26. The fraction of sp³-hybridized carbons (Fsp3) is 0.118. The van der Waals surface area contributed by atoms with Gasteiger partial charge in [0.15, 0.2) is 5.82 Å². The molecule has 0 radical (unpaired) electrons. The van der Waals surface area contributed by atoms with Crippen molar-refractivity contribution in [1.82, 2.24) is 30.4 Å². The van der Waals surface area contributed by atoms with Crippen LogP contribution in [0.3, 0.4) is 0 Å². The number of tetrazole rings is 1. The SMILES string of the molecule is c1ccc(Cc2nnc(SCc3nnnn3-c3ccccc3)o2)cc1. The second-order valence-corrected chi connectivity index (χ2v) is 6.18. The van der Waals surface area contributed by atoms with Crippen molar-refractivity contribution in [3.8, 4) is 5.69 Å². The lowest BCUT2D eigenvalue weighted by atomic mass is 10.2. The Morgan fingerprint density at radius 3 is 2.44 bits per heavy atom. The van der Waals surface area contributed by atoms with E-state index in [1.807, 2.05) is 60.7 Å². The summed E-state index contributed by atoms with van der Waals surface area (Å²) in [6, 6.07) is 19.8. The first-order valence-corrected chi connectivity index (χ1v) is 8.69. The molecular weight excluding hydrogens is 336 g/mol. The molecule has 4 aromatic rings. The molecule has 0 bridgehead atoms. The fourth-order valence-corrected chi connectivity index (χ4v) is 3.02. The van der Waals surface area contributed by atoms with Crippen LogP contribution in [0.4, 0.5) is 0 Å². The summed E-state index contributed by atoms with van der Waals surface area (Å²) in [5.41, 5.74) is 2.05. The van der Waals surface area contributed by atoms with Crippen molar-refractivity contribution in [2.24, 2.45) is 0 Å². The number of thioether (sulfide) groups is 1. The van der Waals surface area contributed by atoms with Crippen LogP contribution < -0.4 is 0 Å². The van der Waals surface area contributed by atoms with Crippen LogP contribution in [0.2, 0.25) is 0 Å². The molecule has 7 nitrogen and oxygen atoms in total. The number of aromatic nitrogens is 6. The van der Waals surface area contributed by atoms with E-state index in [2.05, 4.69) is 25.7 Å². The minimum atomic E-state index is 0.508. The zero-order valence-corrected chi connectivity index (χ0v) is 14.0. The first kappa shape index (κ1) is 15.5. The Morgan fingerprint density at radius 1 is 0.880 bits per heavy atom. The monoisotopic (exact) mass is 350 g/mol. The lowest BCUT2D eigenvalue weighted by Gasteiger charge is -2.02. The highest BCUT2D eigenvalue weighted by Gasteiger charge is 2.12. The van der Waals surface area contributed by atoms with Crippen LogP contribution in [0.5, 0.6) is 0 Å². The highest BCUT2D eigenvalue weighted by Crippen LogP contribution is 2.22. The summed E-state index contributed by atoms with van der Waals surface area (Å²) in [7, 11) is 0. The molecule has 0 aliphatic rings. The number of rotatable bonds is 6. The molecule has 0 spiro atoms. The molecule has 0 aliphatic carbocycles. The number of hydrogen-bond acceptors (Lipinski definition) is 7. The summed E-state index contributed by atoms with van der Waals surface area (Å²) in [5, 5.41) is 20.6. The molecule has 25 heavy (non-hydrogen) atoms. The van der Waals surface area contributed by atoms with E-state index < -0.39 is 0 Å². The lowest BCUT2D eigenvalue weighted by Crippen LogP contribution is -2.01. The summed E-state index contributed by atoms with van der Waals surface area (Å²) in [4.78, 5) is 0. The van der Waals surface area contributed by atoms with Crippen LogP contribution in [-0.2, 0) is 12.2 Å². The maximum atomic E-state index is 5.69. The number of hydrogen-bond donors (Lipinski definition) is 0. The third-order valence-corrected chi connectivity index (χ3v) is 4.32. The van der Waals surface area contributed by atoms with Crippen molar-refractivity contribution in [1.29, 1.82) is 0 Å². The third kappa shape index (κ3) is 3.74. The normalized spacial score (nSPS) is 10.9. The lowest BCUT2D eigenvalue weighted by molar-refractivity contribution is 0.420. The molecule has 0 N–H and O–H groups in total. The Balaban J connectivity index is 1.42. The number of benzene rings is 2. The maximum absolute atomic E-state index is 5.69. The van der Waals surface area contributed by atoms with E-state index >= 15 is 0 Å². The van der Waals surface area contributed by atoms with Crippen molar-refractivity contribution in [2.45, 2.75) is 17.4 Å². The van der Waals surface area contributed by atoms with Crippen LogP contribution in [-0.4, -0.2) is 30.4 Å². The Hall–Kier alpha value is -3.00. The Bertz CT molecular complexity index is 938. The van der Waals surface area contributed by atoms with Gasteiger partial charge >= 0.3 is 0 Å². The van der Waals surface area contributed by atoms with E-state index in [-0.39, 0.29) is 0 Å². The zero-order chi connectivity index (χ0) is 16.9. The third-order valence-electron chi connectivity index (χ3n) is 3.51. The van der Waals surface area contributed by atoms with E-state index in [0.29, 0.717) is 23.3 Å². The quantitative estimate of drug-likeness (QED) is 0.494. The molecule has 0 unspecified atom stereocenters. The van der Waals surface area contributed by atoms with Crippen molar-refractivity contribution in [2.75, 3.05) is 0 Å². The van der Waals surface area contributed by atoms with Gasteiger partial charge in [-0.15, -0.1) is 15.3 Å². The molecule has 8 heteroatoms. The van der Waals surface area contributed by atoms with Crippen LogP contribution in [0.25, 0.3) is 5.69 Å². The molecule has 2 aromatic heterocycles. The predicted molar refractivity (Wildman–Crippen MR) is 92.3 cm³/mol. The maximum Gasteiger partial charge on any atom is 0.277 e. The van der Waals surface area contributed by atoms with Gasteiger partial charge in [-0.3, -0.25) is 0 Å². The first-order chi connectivity index (χ1) is 12.4. The van der Waals surface area contributed by atoms with Crippen molar-refractivity contribution < 1.29 is 4.42 Å². The van der Waals surface area contributed by atoms with Gasteiger partial charge in [0.1, 0.15) is 0 Å². The molecule has 0 saturated carbocycles. The van der Waals surface area contributed by atoms with Gasteiger partial charge in [0, 0.05) is 0 Å². The average Bonchev–Trinajstić information content (AvgIpc) is 3.31. The minimum absolute atomic E-state index is 0.508. The van der Waals surface area contributed by atoms with Gasteiger partial charge in [0.05, 0.1) is 17.9 Å². The predicted octanol–water partition coefficient (Wildman–Crippen LogP) is 2.93. The fourth-order valence-electron chi connectivity index (χ4n) is 2.33. The van der Waals surface area contributed by atoms with Crippen molar-refractivity contribution >= 4 is 11.8 Å². The summed E-state index contributed by atoms with van der Waals surface area (Å²) in [5.74, 6) is 1.85. The Morgan fingerprint density at radius 2 is 1.64 bits per heavy atom. The molecule has 2 aromatic carbocycles. The topological polar surface area (TPSA) is 82.5 Å². The molecule has 124 valence electrons. The van der Waals surface area contributed by atoms with Crippen molar-refractivity contribution in [3.63, 3.8) is 0 Å². The second kappa shape index (κ2) is 7.27. The Kier molecular flexibility index (Phi) is 4.51. The van der Waals surface area contributed by atoms with Crippen molar-refractivity contribution in [3.05, 3.63) is 77.9 Å². The summed E-state index contributed by atoms with van der Waals surface area (Å²) >= 11 is 1.41. The van der Waals surface area contributed by atoms with Gasteiger partial charge in [-0.25, -0.2) is 0 Å². The average molecular weight is 350 g/mol. The van der Waals surface area contributed by atoms with Gasteiger partial charge < -0.3 is 4.42 Å². The zero-order valence-electron chi connectivity index (χ0n) is 13.2. The highest BCUT2D eigenvalue weighted by atomic mass is 32.2. The van der Waals surface area contributed by atoms with Gasteiger partial charge in [0.25, 0.3) is 5.22 Å². The van der Waals surface area contributed by atoms with E-state index in [9.17, 15) is 0 Å². The highest BCUT2D eigenvalue weighted by molar-refractivity contribution is 7.98. The summed E-state index contributed by atoms with van der Waals surface area (Å²) in [6.45, 7) is 0. The molecule has 0 saturated heterocycles. The largest absolute Gasteiger partial charge is 0.416 e. The van der Waals surface area contributed by atoms with Gasteiger partial charge in [-0.2, -0.15) is 4.68 Å². The van der Waals surface area contributed by atoms with Gasteiger partial charge in [-0.1, -0.05) is 60.3 Å². The Labute approximate surface area is 148 Å². The molecule has 0 atom stereocenters. The van der Waals surface area contributed by atoms with Crippen LogP contribution in [0, 0.1) is 0 Å². The van der Waals surface area contributed by atoms with E-state index in [0.717, 1.165) is 17.1 Å². The number of para-hydroxylation sites is 1. The smallest absolute Gasteiger partial charge is 0.277 e. The standard InChI is InChI=1S/C17H14N6OS/c1-3-7-13(8-4-1)11-16-19-20-17(24-16)25-12-15-18-21-22-23(15)14-9-5-2-6-10-14/h1-10H,11-12H2. The van der Waals surface area contributed by atoms with Gasteiger partial charge in [0.2, 0.25) is 5.89 Å². The molecule has 0 fully saturated rings. The van der Waals surface area contributed by atoms with E-state index in [4.69, 9.17) is 4.42 Å².